The molecule has 0 heterocycles. The Balaban J connectivity index is 1.98. The summed E-state index contributed by atoms with van der Waals surface area (Å²) in [6.07, 6.45) is 15.5. The first kappa shape index (κ1) is 17.3. The van der Waals surface area contributed by atoms with Crippen molar-refractivity contribution >= 4 is 0 Å². The fourth-order valence-corrected chi connectivity index (χ4v) is 2.89. The van der Waals surface area contributed by atoms with Crippen LogP contribution in [0.2, 0.25) is 0 Å². The summed E-state index contributed by atoms with van der Waals surface area (Å²) in [7, 11) is 0. The molecule has 0 amide bonds. The quantitative estimate of drug-likeness (QED) is 0.391. The summed E-state index contributed by atoms with van der Waals surface area (Å²) in [6.45, 7) is 6.77. The maximum Gasteiger partial charge on any atom is -0.0276 e. The molecule has 20 heavy (non-hydrogen) atoms. The van der Waals surface area contributed by atoms with Gasteiger partial charge in [-0.05, 0) is 43.4 Å². The van der Waals surface area contributed by atoms with Crippen molar-refractivity contribution in [1.82, 2.24) is 0 Å². The first-order chi connectivity index (χ1) is 9.75. The van der Waals surface area contributed by atoms with Gasteiger partial charge in [-0.1, -0.05) is 82.9 Å². The summed E-state index contributed by atoms with van der Waals surface area (Å²) in [6, 6.07) is 6.72. The summed E-state index contributed by atoms with van der Waals surface area (Å²) in [4.78, 5) is 0. The standard InChI is InChI=1S/C20H34/c1-4-5-6-7-8-9-10-11-12-13-16-20-17-14-15-18(2)19(20)3/h14-15,17H,4-13,16H2,1-3H3. The molecule has 0 aliphatic carbocycles. The van der Waals surface area contributed by atoms with Gasteiger partial charge in [-0.2, -0.15) is 0 Å². The fraction of sp³-hybridized carbons (Fsp3) is 0.700. The third kappa shape index (κ3) is 7.12. The second kappa shape index (κ2) is 10.9. The van der Waals surface area contributed by atoms with Gasteiger partial charge < -0.3 is 0 Å². The van der Waals surface area contributed by atoms with Crippen LogP contribution in [-0.4, -0.2) is 0 Å². The van der Waals surface area contributed by atoms with Gasteiger partial charge in [0.2, 0.25) is 0 Å². The van der Waals surface area contributed by atoms with Crippen LogP contribution in [-0.2, 0) is 6.42 Å². The van der Waals surface area contributed by atoms with Crippen LogP contribution in [0.3, 0.4) is 0 Å². The second-order valence-electron chi connectivity index (χ2n) is 6.29. The van der Waals surface area contributed by atoms with Crippen molar-refractivity contribution in [2.45, 2.75) is 91.4 Å². The molecule has 1 rings (SSSR count). The van der Waals surface area contributed by atoms with Crippen molar-refractivity contribution in [3.8, 4) is 0 Å². The Morgan fingerprint density at radius 1 is 0.700 bits per heavy atom. The zero-order valence-electron chi connectivity index (χ0n) is 14.0. The average molecular weight is 274 g/mol. The topological polar surface area (TPSA) is 0 Å². The van der Waals surface area contributed by atoms with E-state index in [9.17, 15) is 0 Å². The van der Waals surface area contributed by atoms with Crippen LogP contribution in [0.1, 0.15) is 87.8 Å². The molecule has 0 aliphatic rings. The predicted molar refractivity (Wildman–Crippen MR) is 91.5 cm³/mol. The molecule has 0 nitrogen and oxygen atoms in total. The highest BCUT2D eigenvalue weighted by molar-refractivity contribution is 5.33. The van der Waals surface area contributed by atoms with Gasteiger partial charge in [0.05, 0.1) is 0 Å². The molecule has 0 aromatic heterocycles. The molecule has 0 radical (unpaired) electrons. The Labute approximate surface area is 127 Å². The number of benzene rings is 1. The van der Waals surface area contributed by atoms with E-state index in [1.165, 1.54) is 81.8 Å². The van der Waals surface area contributed by atoms with E-state index in [1.54, 1.807) is 5.56 Å². The third-order valence-electron chi connectivity index (χ3n) is 4.52. The maximum atomic E-state index is 2.30. The predicted octanol–water partition coefficient (Wildman–Crippen LogP) is 6.77. The van der Waals surface area contributed by atoms with Gasteiger partial charge in [-0.25, -0.2) is 0 Å². The first-order valence-corrected chi connectivity index (χ1v) is 8.80. The Hall–Kier alpha value is -0.780. The van der Waals surface area contributed by atoms with Crippen LogP contribution in [0.4, 0.5) is 0 Å². The average Bonchev–Trinajstić information content (AvgIpc) is 2.45. The molecule has 0 bridgehead atoms. The smallest absolute Gasteiger partial charge is 0.0276 e. The summed E-state index contributed by atoms with van der Waals surface area (Å²) in [5, 5.41) is 0. The molecule has 0 spiro atoms. The molecular formula is C20H34. The SMILES string of the molecule is CCCCCCCCCCCCc1cccc(C)c1C. The molecule has 114 valence electrons. The lowest BCUT2D eigenvalue weighted by atomic mass is 9.98. The lowest BCUT2D eigenvalue weighted by Crippen LogP contribution is -1.92. The van der Waals surface area contributed by atoms with Gasteiger partial charge in [-0.15, -0.1) is 0 Å². The highest BCUT2D eigenvalue weighted by atomic mass is 14.1. The number of hydrogen-bond donors (Lipinski definition) is 0. The highest BCUT2D eigenvalue weighted by Crippen LogP contribution is 2.16. The van der Waals surface area contributed by atoms with Gasteiger partial charge in [0.25, 0.3) is 0 Å². The minimum absolute atomic E-state index is 1.27. The Bertz CT molecular complexity index is 351. The molecule has 0 saturated heterocycles. The van der Waals surface area contributed by atoms with Gasteiger partial charge >= 0.3 is 0 Å². The van der Waals surface area contributed by atoms with Crippen molar-refractivity contribution in [3.05, 3.63) is 34.9 Å². The van der Waals surface area contributed by atoms with E-state index >= 15 is 0 Å². The molecule has 0 atom stereocenters. The number of unbranched alkanes of at least 4 members (excludes halogenated alkanes) is 9. The molecule has 0 heteroatoms. The van der Waals surface area contributed by atoms with Crippen molar-refractivity contribution in [1.29, 1.82) is 0 Å². The number of hydrogen-bond acceptors (Lipinski definition) is 0. The van der Waals surface area contributed by atoms with Crippen LogP contribution in [0.15, 0.2) is 18.2 Å². The summed E-state index contributed by atoms with van der Waals surface area (Å²) >= 11 is 0. The van der Waals surface area contributed by atoms with Crippen LogP contribution in [0.25, 0.3) is 0 Å². The Kier molecular flexibility index (Phi) is 9.45. The van der Waals surface area contributed by atoms with E-state index in [0.29, 0.717) is 0 Å². The van der Waals surface area contributed by atoms with Crippen LogP contribution in [0.5, 0.6) is 0 Å². The molecule has 1 aromatic rings. The van der Waals surface area contributed by atoms with Crippen molar-refractivity contribution < 1.29 is 0 Å². The van der Waals surface area contributed by atoms with Crippen LogP contribution < -0.4 is 0 Å². The first-order valence-electron chi connectivity index (χ1n) is 8.80. The van der Waals surface area contributed by atoms with E-state index < -0.39 is 0 Å². The molecule has 0 saturated carbocycles. The van der Waals surface area contributed by atoms with E-state index in [0.717, 1.165) is 0 Å². The zero-order chi connectivity index (χ0) is 14.6. The second-order valence-corrected chi connectivity index (χ2v) is 6.29. The maximum absolute atomic E-state index is 2.30. The number of aryl methyl sites for hydroxylation is 2. The summed E-state index contributed by atoms with van der Waals surface area (Å²) in [5.74, 6) is 0. The van der Waals surface area contributed by atoms with Gasteiger partial charge in [0, 0.05) is 0 Å². The Morgan fingerprint density at radius 3 is 1.85 bits per heavy atom. The van der Waals surface area contributed by atoms with Gasteiger partial charge in [0.1, 0.15) is 0 Å². The molecule has 0 unspecified atom stereocenters. The third-order valence-corrected chi connectivity index (χ3v) is 4.52. The minimum atomic E-state index is 1.27. The van der Waals surface area contributed by atoms with Crippen LogP contribution in [0, 0.1) is 13.8 Å². The summed E-state index contributed by atoms with van der Waals surface area (Å²) < 4.78 is 0. The minimum Gasteiger partial charge on any atom is -0.0654 e. The lowest BCUT2D eigenvalue weighted by molar-refractivity contribution is 0.556. The van der Waals surface area contributed by atoms with Crippen molar-refractivity contribution in [3.63, 3.8) is 0 Å². The molecule has 0 N–H and O–H groups in total. The van der Waals surface area contributed by atoms with E-state index in [4.69, 9.17) is 0 Å². The highest BCUT2D eigenvalue weighted by Gasteiger charge is 2.00. The van der Waals surface area contributed by atoms with Crippen LogP contribution >= 0.6 is 0 Å². The van der Waals surface area contributed by atoms with E-state index in [1.807, 2.05) is 0 Å². The van der Waals surface area contributed by atoms with Gasteiger partial charge in [0.15, 0.2) is 0 Å². The van der Waals surface area contributed by atoms with Gasteiger partial charge in [-0.3, -0.25) is 0 Å². The van der Waals surface area contributed by atoms with E-state index in [-0.39, 0.29) is 0 Å². The fourth-order valence-electron chi connectivity index (χ4n) is 2.89. The zero-order valence-corrected chi connectivity index (χ0v) is 14.0. The monoisotopic (exact) mass is 274 g/mol. The van der Waals surface area contributed by atoms with Crippen molar-refractivity contribution in [2.75, 3.05) is 0 Å². The largest absolute Gasteiger partial charge is 0.0654 e. The molecular weight excluding hydrogens is 240 g/mol. The molecule has 0 fully saturated rings. The van der Waals surface area contributed by atoms with Crippen molar-refractivity contribution in [2.24, 2.45) is 0 Å². The lowest BCUT2D eigenvalue weighted by Gasteiger charge is -2.08. The normalized spacial score (nSPS) is 10.9. The summed E-state index contributed by atoms with van der Waals surface area (Å²) in [5.41, 5.74) is 4.50. The Morgan fingerprint density at radius 2 is 1.25 bits per heavy atom. The number of rotatable bonds is 11. The molecule has 1 aromatic carbocycles. The van der Waals surface area contributed by atoms with E-state index in [2.05, 4.69) is 39.0 Å². The molecule has 0 aliphatic heterocycles.